The molecule has 5 heteroatoms. The summed E-state index contributed by atoms with van der Waals surface area (Å²) in [5, 5.41) is 3.29. The van der Waals surface area contributed by atoms with E-state index in [1.807, 2.05) is 35.4 Å². The number of aromatic amines is 1. The number of amides is 1. The van der Waals surface area contributed by atoms with Crippen molar-refractivity contribution >= 4 is 5.91 Å². The van der Waals surface area contributed by atoms with E-state index in [1.165, 1.54) is 32.1 Å². The van der Waals surface area contributed by atoms with Gasteiger partial charge in [-0.2, -0.15) is 0 Å². The zero-order valence-corrected chi connectivity index (χ0v) is 18.7. The Kier molecular flexibility index (Phi) is 6.28. The Hall–Kier alpha value is -2.14. The number of hydrogen-bond acceptors (Lipinski definition) is 3. The van der Waals surface area contributed by atoms with Crippen LogP contribution in [0.4, 0.5) is 0 Å². The quantitative estimate of drug-likeness (QED) is 0.761. The monoisotopic (exact) mass is 408 g/mol. The molecule has 1 aliphatic heterocycles. The molecule has 2 aromatic rings. The topological polar surface area (TPSA) is 61.0 Å². The van der Waals surface area contributed by atoms with Crippen molar-refractivity contribution in [1.82, 2.24) is 20.2 Å². The van der Waals surface area contributed by atoms with Gasteiger partial charge in [0.25, 0.3) is 5.91 Å². The molecule has 1 amide bonds. The van der Waals surface area contributed by atoms with Crippen molar-refractivity contribution in [3.8, 4) is 11.3 Å². The molecule has 5 nitrogen and oxygen atoms in total. The normalized spacial score (nSPS) is 19.6. The van der Waals surface area contributed by atoms with Crippen LogP contribution in [0.15, 0.2) is 30.5 Å². The standard InChI is InChI=1S/C25H36N4O/c1-25(2,3)22(19-7-5-4-6-8-19)23-27-17-21(28-23)18-9-11-20(12-10-18)24(30)29-15-13-26-14-16-29/h9-12,17,19,22,26H,4-8,13-16H2,1-3H3,(H,27,28). The molecule has 1 atom stereocenters. The van der Waals surface area contributed by atoms with Gasteiger partial charge in [-0.05, 0) is 36.3 Å². The first-order valence-corrected chi connectivity index (χ1v) is 11.6. The van der Waals surface area contributed by atoms with E-state index in [0.29, 0.717) is 11.8 Å². The number of hydrogen-bond donors (Lipinski definition) is 2. The average molecular weight is 409 g/mol. The van der Waals surface area contributed by atoms with Crippen LogP contribution in [0.25, 0.3) is 11.3 Å². The Morgan fingerprint density at radius 1 is 1.07 bits per heavy atom. The zero-order valence-electron chi connectivity index (χ0n) is 18.7. The van der Waals surface area contributed by atoms with E-state index in [9.17, 15) is 4.79 Å². The molecule has 2 aliphatic rings. The molecule has 1 saturated carbocycles. The molecular formula is C25H36N4O. The van der Waals surface area contributed by atoms with Crippen molar-refractivity contribution in [2.75, 3.05) is 26.2 Å². The maximum atomic E-state index is 12.7. The maximum absolute atomic E-state index is 12.7. The van der Waals surface area contributed by atoms with Crippen LogP contribution >= 0.6 is 0 Å². The third-order valence-electron chi connectivity index (χ3n) is 6.78. The number of nitrogens with zero attached hydrogens (tertiary/aromatic N) is 2. The Morgan fingerprint density at radius 3 is 2.37 bits per heavy atom. The number of nitrogens with one attached hydrogen (secondary N) is 2. The highest BCUT2D eigenvalue weighted by Gasteiger charge is 2.36. The molecule has 1 unspecified atom stereocenters. The fourth-order valence-corrected chi connectivity index (χ4v) is 5.29. The summed E-state index contributed by atoms with van der Waals surface area (Å²) in [6.45, 7) is 10.3. The van der Waals surface area contributed by atoms with E-state index in [1.54, 1.807) is 0 Å². The van der Waals surface area contributed by atoms with Crippen molar-refractivity contribution in [2.24, 2.45) is 11.3 Å². The molecule has 1 aromatic heterocycles. The molecule has 0 spiro atoms. The fourth-order valence-electron chi connectivity index (χ4n) is 5.29. The van der Waals surface area contributed by atoms with E-state index < -0.39 is 0 Å². The highest BCUT2D eigenvalue weighted by atomic mass is 16.2. The number of H-pyrrole nitrogens is 1. The van der Waals surface area contributed by atoms with Gasteiger partial charge < -0.3 is 15.2 Å². The first-order valence-electron chi connectivity index (χ1n) is 11.6. The molecule has 0 bridgehead atoms. The van der Waals surface area contributed by atoms with Crippen molar-refractivity contribution in [3.63, 3.8) is 0 Å². The molecule has 162 valence electrons. The van der Waals surface area contributed by atoms with E-state index in [4.69, 9.17) is 4.98 Å². The van der Waals surface area contributed by atoms with Gasteiger partial charge in [0.05, 0.1) is 5.69 Å². The predicted octanol–water partition coefficient (Wildman–Crippen LogP) is 4.83. The third-order valence-corrected chi connectivity index (χ3v) is 6.78. The number of imidazole rings is 1. The van der Waals surface area contributed by atoms with Crippen LogP contribution in [0, 0.1) is 11.3 Å². The van der Waals surface area contributed by atoms with Crippen molar-refractivity contribution < 1.29 is 4.79 Å². The van der Waals surface area contributed by atoms with Gasteiger partial charge in [0.2, 0.25) is 0 Å². The first kappa shape index (κ1) is 21.1. The van der Waals surface area contributed by atoms with E-state index >= 15 is 0 Å². The number of aromatic nitrogens is 2. The van der Waals surface area contributed by atoms with Crippen LogP contribution in [0.1, 0.15) is 75.0 Å². The van der Waals surface area contributed by atoms with Gasteiger partial charge >= 0.3 is 0 Å². The Balaban J connectivity index is 1.52. The van der Waals surface area contributed by atoms with Gasteiger partial charge in [0.15, 0.2) is 0 Å². The van der Waals surface area contributed by atoms with Crippen molar-refractivity contribution in [1.29, 1.82) is 0 Å². The molecule has 2 N–H and O–H groups in total. The molecule has 2 heterocycles. The van der Waals surface area contributed by atoms with Crippen LogP contribution < -0.4 is 5.32 Å². The van der Waals surface area contributed by atoms with Gasteiger partial charge in [-0.25, -0.2) is 4.98 Å². The van der Waals surface area contributed by atoms with Gasteiger partial charge in [-0.3, -0.25) is 4.79 Å². The van der Waals surface area contributed by atoms with Gasteiger partial charge in [-0.15, -0.1) is 0 Å². The van der Waals surface area contributed by atoms with Crippen LogP contribution in [0.3, 0.4) is 0 Å². The second kappa shape index (κ2) is 8.93. The molecule has 1 saturated heterocycles. The molecule has 30 heavy (non-hydrogen) atoms. The lowest BCUT2D eigenvalue weighted by molar-refractivity contribution is 0.0736. The van der Waals surface area contributed by atoms with E-state index in [-0.39, 0.29) is 11.3 Å². The van der Waals surface area contributed by atoms with Crippen LogP contribution in [0.2, 0.25) is 0 Å². The summed E-state index contributed by atoms with van der Waals surface area (Å²) in [5.41, 5.74) is 2.96. The van der Waals surface area contributed by atoms with Crippen molar-refractivity contribution in [2.45, 2.75) is 58.8 Å². The smallest absolute Gasteiger partial charge is 0.253 e. The lowest BCUT2D eigenvalue weighted by Crippen LogP contribution is -2.46. The number of carbonyl (C=O) groups is 1. The van der Waals surface area contributed by atoms with Gasteiger partial charge in [0.1, 0.15) is 5.82 Å². The van der Waals surface area contributed by atoms with Crippen molar-refractivity contribution in [3.05, 3.63) is 41.9 Å². The minimum absolute atomic E-state index is 0.121. The molecule has 4 rings (SSSR count). The number of rotatable bonds is 4. The third kappa shape index (κ3) is 4.61. The Bertz CT molecular complexity index is 837. The molecule has 0 radical (unpaired) electrons. The van der Waals surface area contributed by atoms with Gasteiger partial charge in [0, 0.05) is 49.4 Å². The highest BCUT2D eigenvalue weighted by molar-refractivity contribution is 5.94. The molecular weight excluding hydrogens is 372 g/mol. The Labute approximate surface area is 180 Å². The van der Waals surface area contributed by atoms with Crippen LogP contribution in [-0.2, 0) is 0 Å². The SMILES string of the molecule is CC(C)(C)C(c1nc(-c2ccc(C(=O)N3CCNCC3)cc2)c[nH]1)C1CCCCC1. The highest BCUT2D eigenvalue weighted by Crippen LogP contribution is 2.45. The van der Waals surface area contributed by atoms with E-state index in [0.717, 1.165) is 48.8 Å². The number of benzene rings is 1. The average Bonchev–Trinajstić information content (AvgIpc) is 3.23. The number of piperazine rings is 1. The van der Waals surface area contributed by atoms with Gasteiger partial charge in [-0.1, -0.05) is 52.2 Å². The molecule has 1 aliphatic carbocycles. The zero-order chi connectivity index (χ0) is 21.1. The summed E-state index contributed by atoms with van der Waals surface area (Å²) in [5.74, 6) is 2.39. The molecule has 1 aromatic carbocycles. The second-order valence-electron chi connectivity index (χ2n) is 10.0. The maximum Gasteiger partial charge on any atom is 0.253 e. The lowest BCUT2D eigenvalue weighted by Gasteiger charge is -2.37. The summed E-state index contributed by atoms with van der Waals surface area (Å²) in [6.07, 6.45) is 8.70. The predicted molar refractivity (Wildman–Crippen MR) is 122 cm³/mol. The summed E-state index contributed by atoms with van der Waals surface area (Å²) >= 11 is 0. The largest absolute Gasteiger partial charge is 0.348 e. The lowest BCUT2D eigenvalue weighted by atomic mass is 9.68. The van der Waals surface area contributed by atoms with Crippen LogP contribution in [-0.4, -0.2) is 47.0 Å². The fraction of sp³-hybridized carbons (Fsp3) is 0.600. The summed E-state index contributed by atoms with van der Waals surface area (Å²) in [6, 6.07) is 7.94. The Morgan fingerprint density at radius 2 is 1.73 bits per heavy atom. The number of carbonyl (C=O) groups excluding carboxylic acids is 1. The second-order valence-corrected chi connectivity index (χ2v) is 10.0. The first-order chi connectivity index (χ1) is 14.4. The van der Waals surface area contributed by atoms with Crippen LogP contribution in [0.5, 0.6) is 0 Å². The molecule has 2 fully saturated rings. The summed E-state index contributed by atoms with van der Waals surface area (Å²) < 4.78 is 0. The minimum Gasteiger partial charge on any atom is -0.348 e. The van der Waals surface area contributed by atoms with E-state index in [2.05, 4.69) is 31.1 Å². The summed E-state index contributed by atoms with van der Waals surface area (Å²) in [4.78, 5) is 23.2. The minimum atomic E-state index is 0.121. The summed E-state index contributed by atoms with van der Waals surface area (Å²) in [7, 11) is 0.